The van der Waals surface area contributed by atoms with Crippen molar-refractivity contribution in [2.24, 2.45) is 0 Å². The molecule has 6 nitrogen and oxygen atoms in total. The Kier molecular flexibility index (Phi) is 3.85. The highest BCUT2D eigenvalue weighted by Gasteiger charge is 2.16. The van der Waals surface area contributed by atoms with Gasteiger partial charge in [0.25, 0.3) is 0 Å². The Balaban J connectivity index is 1.96. The third kappa shape index (κ3) is 2.57. The number of nitrogens with zero attached hydrogens (tertiary/aromatic N) is 3. The monoisotopic (exact) mass is 317 g/mol. The molecule has 1 atom stereocenters. The number of aryl methyl sites for hydroxylation is 1. The van der Waals surface area contributed by atoms with Gasteiger partial charge in [-0.3, -0.25) is 0 Å². The zero-order chi connectivity index (χ0) is 15.7. The first-order valence-electron chi connectivity index (χ1n) is 6.84. The fraction of sp³-hybridized carbons (Fsp3) is 0.267. The number of halogens is 1. The van der Waals surface area contributed by atoms with Crippen molar-refractivity contribution >= 4 is 28.6 Å². The van der Waals surface area contributed by atoms with Gasteiger partial charge in [-0.25, -0.2) is 15.0 Å². The van der Waals surface area contributed by atoms with E-state index in [1.807, 2.05) is 26.0 Å². The molecule has 0 saturated carbocycles. The van der Waals surface area contributed by atoms with E-state index in [9.17, 15) is 0 Å². The maximum atomic E-state index is 6.24. The van der Waals surface area contributed by atoms with Crippen LogP contribution in [-0.4, -0.2) is 27.0 Å². The van der Waals surface area contributed by atoms with Crippen LogP contribution in [0.3, 0.4) is 0 Å². The van der Waals surface area contributed by atoms with E-state index in [0.717, 1.165) is 22.4 Å². The summed E-state index contributed by atoms with van der Waals surface area (Å²) in [5.74, 6) is 1.48. The van der Waals surface area contributed by atoms with Crippen LogP contribution in [0.4, 0.5) is 5.82 Å². The van der Waals surface area contributed by atoms with E-state index in [1.165, 1.54) is 6.33 Å². The van der Waals surface area contributed by atoms with Gasteiger partial charge in [0.15, 0.2) is 11.5 Å². The van der Waals surface area contributed by atoms with Gasteiger partial charge < -0.3 is 15.0 Å². The summed E-state index contributed by atoms with van der Waals surface area (Å²) >= 11 is 6.24. The Morgan fingerprint density at radius 3 is 2.86 bits per heavy atom. The third-order valence-electron chi connectivity index (χ3n) is 3.55. The van der Waals surface area contributed by atoms with Crippen molar-refractivity contribution in [3.8, 4) is 5.75 Å². The predicted octanol–water partition coefficient (Wildman–Crippen LogP) is 3.50. The molecule has 0 aliphatic heterocycles. The lowest BCUT2D eigenvalue weighted by Gasteiger charge is -2.19. The number of benzene rings is 1. The summed E-state index contributed by atoms with van der Waals surface area (Å²) in [4.78, 5) is 15.5. The molecular formula is C15H16ClN5O. The van der Waals surface area contributed by atoms with Crippen LogP contribution in [0.15, 0.2) is 24.8 Å². The summed E-state index contributed by atoms with van der Waals surface area (Å²) < 4.78 is 5.46. The summed E-state index contributed by atoms with van der Waals surface area (Å²) in [6, 6.07) is 3.80. The van der Waals surface area contributed by atoms with Crippen molar-refractivity contribution in [2.75, 3.05) is 12.4 Å². The SMILES string of the molecule is COc1cc(C)c(Cl)cc1C(C)Nc1ncnc2nc[nH]c12. The highest BCUT2D eigenvalue weighted by molar-refractivity contribution is 6.31. The van der Waals surface area contributed by atoms with Crippen LogP contribution in [0.5, 0.6) is 5.75 Å². The smallest absolute Gasteiger partial charge is 0.182 e. The number of H-pyrrole nitrogens is 1. The number of fused-ring (bicyclic) bond motifs is 1. The van der Waals surface area contributed by atoms with Gasteiger partial charge in [0.05, 0.1) is 19.5 Å². The zero-order valence-corrected chi connectivity index (χ0v) is 13.3. The number of aromatic amines is 1. The topological polar surface area (TPSA) is 75.7 Å². The average Bonchev–Trinajstić information content (AvgIpc) is 2.99. The van der Waals surface area contributed by atoms with Crippen LogP contribution < -0.4 is 10.1 Å². The Hall–Kier alpha value is -2.34. The quantitative estimate of drug-likeness (QED) is 0.770. The van der Waals surface area contributed by atoms with Gasteiger partial charge in [-0.1, -0.05) is 11.6 Å². The van der Waals surface area contributed by atoms with E-state index in [4.69, 9.17) is 16.3 Å². The van der Waals surface area contributed by atoms with Crippen LogP contribution in [0.1, 0.15) is 24.1 Å². The molecule has 0 spiro atoms. The maximum absolute atomic E-state index is 6.24. The second-order valence-corrected chi connectivity index (χ2v) is 5.44. The molecule has 0 aliphatic rings. The number of aromatic nitrogens is 4. The lowest BCUT2D eigenvalue weighted by Crippen LogP contribution is -2.10. The minimum atomic E-state index is -0.0468. The molecule has 2 heterocycles. The second-order valence-electron chi connectivity index (χ2n) is 5.03. The molecule has 22 heavy (non-hydrogen) atoms. The summed E-state index contributed by atoms with van der Waals surface area (Å²) in [6.45, 7) is 3.97. The van der Waals surface area contributed by atoms with Crippen molar-refractivity contribution < 1.29 is 4.74 Å². The number of anilines is 1. The zero-order valence-electron chi connectivity index (χ0n) is 12.5. The lowest BCUT2D eigenvalue weighted by molar-refractivity contribution is 0.407. The van der Waals surface area contributed by atoms with Gasteiger partial charge in [-0.05, 0) is 31.5 Å². The Bertz CT molecular complexity index is 817. The summed E-state index contributed by atoms with van der Waals surface area (Å²) in [5, 5.41) is 4.05. The standard InChI is InChI=1S/C15H16ClN5O/c1-8-4-12(22-3)10(5-11(8)16)9(2)21-15-13-14(18-6-17-13)19-7-20-15/h4-7,9H,1-3H3,(H2,17,18,19,20,21). The molecule has 7 heteroatoms. The van der Waals surface area contributed by atoms with Crippen LogP contribution in [0.2, 0.25) is 5.02 Å². The van der Waals surface area contributed by atoms with Crippen molar-refractivity contribution in [3.05, 3.63) is 40.9 Å². The van der Waals surface area contributed by atoms with Crippen molar-refractivity contribution in [3.63, 3.8) is 0 Å². The molecule has 0 aliphatic carbocycles. The van der Waals surface area contributed by atoms with Crippen LogP contribution in [-0.2, 0) is 0 Å². The summed E-state index contributed by atoms with van der Waals surface area (Å²) in [7, 11) is 1.65. The minimum Gasteiger partial charge on any atom is -0.496 e. The molecule has 3 rings (SSSR count). The largest absolute Gasteiger partial charge is 0.496 e. The molecule has 0 saturated heterocycles. The Morgan fingerprint density at radius 1 is 1.27 bits per heavy atom. The van der Waals surface area contributed by atoms with E-state index in [2.05, 4.69) is 25.3 Å². The van der Waals surface area contributed by atoms with E-state index in [1.54, 1.807) is 13.4 Å². The number of rotatable bonds is 4. The average molecular weight is 318 g/mol. The molecular weight excluding hydrogens is 302 g/mol. The summed E-state index contributed by atoms with van der Waals surface area (Å²) in [6.07, 6.45) is 3.08. The molecule has 0 radical (unpaired) electrons. The molecule has 1 unspecified atom stereocenters. The fourth-order valence-corrected chi connectivity index (χ4v) is 2.51. The molecule has 2 aromatic heterocycles. The van der Waals surface area contributed by atoms with E-state index < -0.39 is 0 Å². The van der Waals surface area contributed by atoms with Gasteiger partial charge in [0.1, 0.15) is 17.6 Å². The number of hydrogen-bond acceptors (Lipinski definition) is 5. The highest BCUT2D eigenvalue weighted by Crippen LogP contribution is 2.33. The van der Waals surface area contributed by atoms with Gasteiger partial charge in [-0.15, -0.1) is 0 Å². The Morgan fingerprint density at radius 2 is 2.09 bits per heavy atom. The van der Waals surface area contributed by atoms with Gasteiger partial charge >= 0.3 is 0 Å². The fourth-order valence-electron chi connectivity index (χ4n) is 2.34. The predicted molar refractivity (Wildman–Crippen MR) is 86.5 cm³/mol. The van der Waals surface area contributed by atoms with Crippen molar-refractivity contribution in [1.82, 2.24) is 19.9 Å². The third-order valence-corrected chi connectivity index (χ3v) is 3.96. The molecule has 0 fully saturated rings. The van der Waals surface area contributed by atoms with Crippen LogP contribution >= 0.6 is 11.6 Å². The van der Waals surface area contributed by atoms with Crippen molar-refractivity contribution in [2.45, 2.75) is 19.9 Å². The second kappa shape index (κ2) is 5.81. The summed E-state index contributed by atoms with van der Waals surface area (Å²) in [5.41, 5.74) is 3.34. The molecule has 1 aromatic carbocycles. The number of nitrogens with one attached hydrogen (secondary N) is 2. The van der Waals surface area contributed by atoms with E-state index in [-0.39, 0.29) is 6.04 Å². The molecule has 114 valence electrons. The van der Waals surface area contributed by atoms with Gasteiger partial charge in [0.2, 0.25) is 0 Å². The van der Waals surface area contributed by atoms with Crippen LogP contribution in [0.25, 0.3) is 11.2 Å². The van der Waals surface area contributed by atoms with Crippen molar-refractivity contribution in [1.29, 1.82) is 0 Å². The van der Waals surface area contributed by atoms with E-state index >= 15 is 0 Å². The molecule has 0 amide bonds. The first-order chi connectivity index (χ1) is 10.6. The van der Waals surface area contributed by atoms with Gasteiger partial charge in [-0.2, -0.15) is 0 Å². The number of imidazole rings is 1. The number of ether oxygens (including phenoxy) is 1. The molecule has 2 N–H and O–H groups in total. The number of methoxy groups -OCH3 is 1. The molecule has 3 aromatic rings. The van der Waals surface area contributed by atoms with E-state index in [0.29, 0.717) is 16.5 Å². The Labute approximate surface area is 132 Å². The normalized spacial score (nSPS) is 12.4. The van der Waals surface area contributed by atoms with Gasteiger partial charge in [0, 0.05) is 10.6 Å². The maximum Gasteiger partial charge on any atom is 0.182 e. The molecule has 0 bridgehead atoms. The minimum absolute atomic E-state index is 0.0468. The van der Waals surface area contributed by atoms with Crippen LogP contribution in [0, 0.1) is 6.92 Å². The first-order valence-corrected chi connectivity index (χ1v) is 7.22. The lowest BCUT2D eigenvalue weighted by atomic mass is 10.0. The number of hydrogen-bond donors (Lipinski definition) is 2. The first kappa shape index (κ1) is 14.6. The highest BCUT2D eigenvalue weighted by atomic mass is 35.5.